The van der Waals surface area contributed by atoms with E-state index >= 15 is 0 Å². The Hall–Kier alpha value is -1.76. The number of carbonyl (C=O) groups excluding carboxylic acids is 1. The van der Waals surface area contributed by atoms with Gasteiger partial charge in [-0.1, -0.05) is 26.0 Å². The number of para-hydroxylation sites is 1. The van der Waals surface area contributed by atoms with Gasteiger partial charge < -0.3 is 15.5 Å². The van der Waals surface area contributed by atoms with E-state index in [1.54, 1.807) is 19.2 Å². The highest BCUT2D eigenvalue weighted by Gasteiger charge is 2.45. The zero-order valence-electron chi connectivity index (χ0n) is 16.7. The van der Waals surface area contributed by atoms with Crippen LogP contribution in [0.1, 0.15) is 38.7 Å². The van der Waals surface area contributed by atoms with Crippen LogP contribution >= 0.6 is 0 Å². The number of alkyl halides is 3. The molecule has 1 aliphatic carbocycles. The fourth-order valence-electron chi connectivity index (χ4n) is 4.74. The van der Waals surface area contributed by atoms with Crippen molar-refractivity contribution in [2.75, 3.05) is 25.0 Å². The van der Waals surface area contributed by atoms with Crippen LogP contribution in [0.2, 0.25) is 0 Å². The van der Waals surface area contributed by atoms with Crippen molar-refractivity contribution in [3.05, 3.63) is 29.8 Å². The molecule has 1 aliphatic heterocycles. The zero-order valence-corrected chi connectivity index (χ0v) is 16.7. The van der Waals surface area contributed by atoms with Crippen LogP contribution in [0.15, 0.2) is 24.3 Å². The normalized spacial score (nSPS) is 25.8. The molecule has 0 bridgehead atoms. The molecule has 1 saturated carbocycles. The van der Waals surface area contributed by atoms with E-state index in [-0.39, 0.29) is 29.6 Å². The third-order valence-electron chi connectivity index (χ3n) is 6.11. The van der Waals surface area contributed by atoms with Crippen LogP contribution in [0.25, 0.3) is 0 Å². The van der Waals surface area contributed by atoms with Gasteiger partial charge in [0.2, 0.25) is 5.91 Å². The van der Waals surface area contributed by atoms with Crippen LogP contribution in [0.4, 0.5) is 18.9 Å². The maximum Gasteiger partial charge on any atom is 0.418 e. The van der Waals surface area contributed by atoms with Crippen molar-refractivity contribution >= 4 is 11.6 Å². The first kappa shape index (κ1) is 21.0. The van der Waals surface area contributed by atoms with Gasteiger partial charge in [0, 0.05) is 30.7 Å². The number of halogens is 3. The summed E-state index contributed by atoms with van der Waals surface area (Å²) in [5.41, 5.74) is -0.329. The summed E-state index contributed by atoms with van der Waals surface area (Å²) in [7, 11) is 1.79. The summed E-state index contributed by atoms with van der Waals surface area (Å²) in [5.74, 6) is 0.919. The van der Waals surface area contributed by atoms with E-state index in [1.165, 1.54) is 6.07 Å². The Kier molecular flexibility index (Phi) is 6.22. The van der Waals surface area contributed by atoms with Gasteiger partial charge in [0.15, 0.2) is 0 Å². The third-order valence-corrected chi connectivity index (χ3v) is 6.11. The van der Waals surface area contributed by atoms with Crippen molar-refractivity contribution in [2.24, 2.45) is 17.8 Å². The third kappa shape index (κ3) is 4.45. The van der Waals surface area contributed by atoms with Gasteiger partial charge in [-0.15, -0.1) is 0 Å². The number of anilines is 1. The van der Waals surface area contributed by atoms with E-state index < -0.39 is 11.7 Å². The highest BCUT2D eigenvalue weighted by molar-refractivity contribution is 5.82. The molecule has 0 radical (unpaired) electrons. The monoisotopic (exact) mass is 397 g/mol. The Labute approximate surface area is 164 Å². The van der Waals surface area contributed by atoms with Crippen LogP contribution in [-0.4, -0.2) is 38.1 Å². The molecule has 4 atom stereocenters. The molecular weight excluding hydrogens is 367 g/mol. The smallest absolute Gasteiger partial charge is 0.370 e. The minimum atomic E-state index is -4.36. The van der Waals surface area contributed by atoms with Crippen molar-refractivity contribution in [1.82, 2.24) is 10.6 Å². The van der Waals surface area contributed by atoms with Crippen LogP contribution in [-0.2, 0) is 11.0 Å². The fraction of sp³-hybridized carbons (Fsp3) is 0.667. The molecule has 1 aromatic carbocycles. The Morgan fingerprint density at radius 2 is 1.93 bits per heavy atom. The highest BCUT2D eigenvalue weighted by Crippen LogP contribution is 2.43. The second kappa shape index (κ2) is 8.31. The van der Waals surface area contributed by atoms with Gasteiger partial charge in [0.25, 0.3) is 0 Å². The van der Waals surface area contributed by atoms with Crippen molar-refractivity contribution in [1.29, 1.82) is 0 Å². The molecule has 4 nitrogen and oxygen atoms in total. The van der Waals surface area contributed by atoms with Crippen LogP contribution in [0.5, 0.6) is 0 Å². The van der Waals surface area contributed by atoms with Crippen molar-refractivity contribution in [2.45, 2.75) is 51.4 Å². The number of benzene rings is 1. The van der Waals surface area contributed by atoms with Gasteiger partial charge >= 0.3 is 6.18 Å². The molecule has 1 saturated heterocycles. The van der Waals surface area contributed by atoms with Crippen molar-refractivity contribution < 1.29 is 18.0 Å². The highest BCUT2D eigenvalue weighted by atomic mass is 19.4. The Morgan fingerprint density at radius 3 is 2.57 bits per heavy atom. The number of hydrogen-bond donors (Lipinski definition) is 2. The van der Waals surface area contributed by atoms with E-state index in [9.17, 15) is 18.0 Å². The maximum absolute atomic E-state index is 13.4. The summed E-state index contributed by atoms with van der Waals surface area (Å²) in [6.07, 6.45) is -1.77. The molecule has 1 aromatic rings. The standard InChI is InChI=1S/C21H30F3N3O/c1-13(2)10-18(25-3)20(28)26-17-9-8-14-11-27(12-15(14)17)19-7-5-4-6-16(19)21(22,23)24/h4-7,13-15,17-18,25H,8-12H2,1-3H3,(H,26,28)/t14-,15+,17+,18+/m1/s1. The second-order valence-corrected chi connectivity index (χ2v) is 8.51. The molecule has 0 aromatic heterocycles. The minimum absolute atomic E-state index is 0.00371. The summed E-state index contributed by atoms with van der Waals surface area (Å²) in [5, 5.41) is 6.25. The molecule has 0 unspecified atom stereocenters. The van der Waals surface area contributed by atoms with Gasteiger partial charge in [0.1, 0.15) is 0 Å². The lowest BCUT2D eigenvalue weighted by Crippen LogP contribution is -2.49. The predicted octanol–water partition coefficient (Wildman–Crippen LogP) is 3.67. The van der Waals surface area contributed by atoms with Gasteiger partial charge in [-0.25, -0.2) is 0 Å². The summed E-state index contributed by atoms with van der Waals surface area (Å²) < 4.78 is 40.1. The molecule has 28 heavy (non-hydrogen) atoms. The Bertz CT molecular complexity index is 692. The summed E-state index contributed by atoms with van der Waals surface area (Å²) >= 11 is 0. The molecule has 156 valence electrons. The number of nitrogens with zero attached hydrogens (tertiary/aromatic N) is 1. The summed E-state index contributed by atoms with van der Waals surface area (Å²) in [4.78, 5) is 14.5. The minimum Gasteiger partial charge on any atom is -0.370 e. The van der Waals surface area contributed by atoms with Gasteiger partial charge in [-0.2, -0.15) is 13.2 Å². The lowest BCUT2D eigenvalue weighted by Gasteiger charge is -2.27. The number of nitrogens with one attached hydrogen (secondary N) is 2. The van der Waals surface area contributed by atoms with E-state index in [1.807, 2.05) is 4.90 Å². The predicted molar refractivity (Wildman–Crippen MR) is 104 cm³/mol. The largest absolute Gasteiger partial charge is 0.418 e. The average molecular weight is 397 g/mol. The van der Waals surface area contributed by atoms with Gasteiger partial charge in [0.05, 0.1) is 11.6 Å². The van der Waals surface area contributed by atoms with Gasteiger partial charge in [-0.05, 0) is 50.3 Å². The summed E-state index contributed by atoms with van der Waals surface area (Å²) in [6.45, 7) is 5.33. The molecular formula is C21H30F3N3O. The number of amides is 1. The molecule has 1 amide bonds. The lowest BCUT2D eigenvalue weighted by molar-refractivity contribution is -0.137. The van der Waals surface area contributed by atoms with Crippen LogP contribution in [0.3, 0.4) is 0 Å². The first-order valence-corrected chi connectivity index (χ1v) is 10.1. The summed E-state index contributed by atoms with van der Waals surface area (Å²) in [6, 6.07) is 5.58. The number of likely N-dealkylation sites (N-methyl/N-ethyl adjacent to an activating group) is 1. The number of hydrogen-bond acceptors (Lipinski definition) is 3. The maximum atomic E-state index is 13.4. The number of carbonyl (C=O) groups is 1. The van der Waals surface area contributed by atoms with Crippen molar-refractivity contribution in [3.63, 3.8) is 0 Å². The second-order valence-electron chi connectivity index (χ2n) is 8.51. The van der Waals surface area contributed by atoms with Crippen LogP contribution < -0.4 is 15.5 Å². The van der Waals surface area contributed by atoms with E-state index in [4.69, 9.17) is 0 Å². The molecule has 7 heteroatoms. The lowest BCUT2D eigenvalue weighted by atomic mass is 9.97. The molecule has 0 spiro atoms. The SMILES string of the molecule is CN[C@@H](CC(C)C)C(=O)N[C@H]1CC[C@@H]2CN(c3ccccc3C(F)(F)F)C[C@@H]21. The van der Waals surface area contributed by atoms with E-state index in [0.717, 1.165) is 25.3 Å². The topological polar surface area (TPSA) is 44.4 Å². The fourth-order valence-corrected chi connectivity index (χ4v) is 4.74. The number of fused-ring (bicyclic) bond motifs is 1. The Balaban J connectivity index is 1.69. The first-order valence-electron chi connectivity index (χ1n) is 10.1. The van der Waals surface area contributed by atoms with Crippen LogP contribution in [0, 0.1) is 17.8 Å². The number of rotatable bonds is 6. The van der Waals surface area contributed by atoms with E-state index in [2.05, 4.69) is 24.5 Å². The average Bonchev–Trinajstić information content (AvgIpc) is 3.20. The molecule has 2 aliphatic rings. The first-order chi connectivity index (χ1) is 13.2. The van der Waals surface area contributed by atoms with E-state index in [0.29, 0.717) is 24.9 Å². The Morgan fingerprint density at radius 1 is 1.21 bits per heavy atom. The molecule has 3 rings (SSSR count). The van der Waals surface area contributed by atoms with Gasteiger partial charge in [-0.3, -0.25) is 4.79 Å². The zero-order chi connectivity index (χ0) is 20.5. The van der Waals surface area contributed by atoms with Crippen molar-refractivity contribution in [3.8, 4) is 0 Å². The quantitative estimate of drug-likeness (QED) is 0.770. The molecule has 2 N–H and O–H groups in total. The molecule has 1 heterocycles. The molecule has 2 fully saturated rings.